The Hall–Kier alpha value is -1.56. The highest BCUT2D eigenvalue weighted by molar-refractivity contribution is 9.10. The van der Waals surface area contributed by atoms with Crippen LogP contribution in [0.5, 0.6) is 0 Å². The monoisotopic (exact) mass is 295 g/mol. The van der Waals surface area contributed by atoms with Gasteiger partial charge in [-0.3, -0.25) is 4.90 Å². The first-order valence-corrected chi connectivity index (χ1v) is 5.95. The average Bonchev–Trinajstić information content (AvgIpc) is 2.13. The molecule has 1 aliphatic heterocycles. The summed E-state index contributed by atoms with van der Waals surface area (Å²) in [6, 6.07) is 7.79. The molecule has 2 rings (SSSR count). The summed E-state index contributed by atoms with van der Waals surface area (Å²) in [5, 5.41) is 0. The quantitative estimate of drug-likeness (QED) is 0.826. The number of hydrogen-bond acceptors (Lipinski definition) is 5. The molecule has 1 aromatic carbocycles. The molecule has 0 saturated heterocycles. The second-order valence-electron chi connectivity index (χ2n) is 4.25. The molecule has 0 atom stereocenters. The van der Waals surface area contributed by atoms with E-state index in [2.05, 4.69) is 25.9 Å². The molecule has 1 aliphatic rings. The van der Waals surface area contributed by atoms with Crippen molar-refractivity contribution in [3.05, 3.63) is 28.7 Å². The predicted octanol–water partition coefficient (Wildman–Crippen LogP) is 1.63. The molecule has 1 heterocycles. The summed E-state index contributed by atoms with van der Waals surface area (Å²) in [7, 11) is 0. The Morgan fingerprint density at radius 1 is 1.29 bits per heavy atom. The topological polar surface area (TPSA) is 80.0 Å². The van der Waals surface area contributed by atoms with Crippen molar-refractivity contribution in [2.24, 2.45) is 21.5 Å². The third-order valence-corrected chi connectivity index (χ3v) is 2.95. The molecule has 17 heavy (non-hydrogen) atoms. The van der Waals surface area contributed by atoms with Crippen LogP contribution in [0.25, 0.3) is 0 Å². The zero-order chi connectivity index (χ0) is 12.6. The molecular weight excluding hydrogens is 282 g/mol. The van der Waals surface area contributed by atoms with Crippen molar-refractivity contribution in [2.75, 3.05) is 4.90 Å². The first-order valence-electron chi connectivity index (χ1n) is 5.15. The highest BCUT2D eigenvalue weighted by Gasteiger charge is 2.32. The van der Waals surface area contributed by atoms with Crippen LogP contribution in [0.15, 0.2) is 38.7 Å². The maximum absolute atomic E-state index is 5.93. The lowest BCUT2D eigenvalue weighted by Gasteiger charge is -2.38. The van der Waals surface area contributed by atoms with Crippen LogP contribution in [0.2, 0.25) is 0 Å². The first-order chi connectivity index (χ1) is 7.90. The second-order valence-corrected chi connectivity index (χ2v) is 5.17. The van der Waals surface area contributed by atoms with E-state index in [1.54, 1.807) is 0 Å². The van der Waals surface area contributed by atoms with Crippen LogP contribution in [0.4, 0.5) is 5.69 Å². The van der Waals surface area contributed by atoms with Gasteiger partial charge in [-0.1, -0.05) is 22.0 Å². The lowest BCUT2D eigenvalue weighted by atomic mass is 10.1. The summed E-state index contributed by atoms with van der Waals surface area (Å²) in [6.45, 7) is 3.87. The van der Waals surface area contributed by atoms with Crippen molar-refractivity contribution in [3.8, 4) is 0 Å². The van der Waals surface area contributed by atoms with Gasteiger partial charge in [-0.15, -0.1) is 0 Å². The molecule has 0 aromatic heterocycles. The van der Waals surface area contributed by atoms with Crippen LogP contribution in [0, 0.1) is 0 Å². The highest BCUT2D eigenvalue weighted by Crippen LogP contribution is 2.28. The third-order valence-electron chi connectivity index (χ3n) is 2.46. The van der Waals surface area contributed by atoms with Crippen molar-refractivity contribution in [1.82, 2.24) is 0 Å². The largest absolute Gasteiger partial charge is 0.369 e. The van der Waals surface area contributed by atoms with Gasteiger partial charge in [0.15, 0.2) is 0 Å². The second kappa shape index (κ2) is 4.03. The number of benzene rings is 1. The molecule has 0 amide bonds. The van der Waals surface area contributed by atoms with Crippen LogP contribution in [-0.4, -0.2) is 17.6 Å². The summed E-state index contributed by atoms with van der Waals surface area (Å²) in [6.07, 6.45) is 0. The van der Waals surface area contributed by atoms with Crippen molar-refractivity contribution >= 4 is 33.5 Å². The molecule has 4 N–H and O–H groups in total. The Kier molecular flexibility index (Phi) is 2.82. The lowest BCUT2D eigenvalue weighted by Crippen LogP contribution is -2.54. The van der Waals surface area contributed by atoms with Crippen LogP contribution in [0.1, 0.15) is 13.8 Å². The molecule has 5 nitrogen and oxygen atoms in total. The number of halogens is 1. The molecule has 6 heteroatoms. The van der Waals surface area contributed by atoms with Crippen molar-refractivity contribution in [3.63, 3.8) is 0 Å². The fourth-order valence-electron chi connectivity index (χ4n) is 1.87. The summed E-state index contributed by atoms with van der Waals surface area (Å²) in [5.41, 5.74) is 11.9. The third kappa shape index (κ3) is 2.26. The lowest BCUT2D eigenvalue weighted by molar-refractivity contribution is 0.534. The minimum atomic E-state index is -0.545. The minimum absolute atomic E-state index is 0.207. The maximum Gasteiger partial charge on any atom is 0.220 e. The van der Waals surface area contributed by atoms with E-state index in [0.717, 1.165) is 10.2 Å². The van der Waals surface area contributed by atoms with Gasteiger partial charge in [0.25, 0.3) is 0 Å². The Labute approximate surface area is 108 Å². The van der Waals surface area contributed by atoms with Crippen molar-refractivity contribution in [2.45, 2.75) is 19.5 Å². The molecule has 0 bridgehead atoms. The highest BCUT2D eigenvalue weighted by atomic mass is 79.9. The van der Waals surface area contributed by atoms with Gasteiger partial charge in [0.1, 0.15) is 5.66 Å². The van der Waals surface area contributed by atoms with E-state index in [9.17, 15) is 0 Å². The van der Waals surface area contributed by atoms with Gasteiger partial charge < -0.3 is 11.5 Å². The summed E-state index contributed by atoms with van der Waals surface area (Å²) < 4.78 is 0.973. The molecule has 0 spiro atoms. The summed E-state index contributed by atoms with van der Waals surface area (Å²) in [5.74, 6) is 0.555. The first kappa shape index (κ1) is 11.9. The van der Waals surface area contributed by atoms with Crippen LogP contribution in [0.3, 0.4) is 0 Å². The molecule has 90 valence electrons. The molecule has 0 fully saturated rings. The van der Waals surface area contributed by atoms with Crippen LogP contribution >= 0.6 is 15.9 Å². The number of anilines is 1. The smallest absolute Gasteiger partial charge is 0.220 e. The van der Waals surface area contributed by atoms with E-state index < -0.39 is 5.66 Å². The summed E-state index contributed by atoms with van der Waals surface area (Å²) >= 11 is 3.43. The fraction of sp³-hybridized carbons (Fsp3) is 0.273. The number of rotatable bonds is 1. The number of hydrogen-bond donors (Lipinski definition) is 2. The van der Waals surface area contributed by atoms with E-state index in [-0.39, 0.29) is 5.96 Å². The average molecular weight is 296 g/mol. The van der Waals surface area contributed by atoms with Gasteiger partial charge in [-0.2, -0.15) is 4.99 Å². The molecule has 0 aliphatic carbocycles. The van der Waals surface area contributed by atoms with E-state index in [4.69, 9.17) is 11.5 Å². The molecule has 0 radical (unpaired) electrons. The van der Waals surface area contributed by atoms with Crippen LogP contribution in [-0.2, 0) is 0 Å². The number of nitrogens with two attached hydrogens (primary N) is 2. The van der Waals surface area contributed by atoms with E-state index in [1.165, 1.54) is 0 Å². The Morgan fingerprint density at radius 3 is 2.59 bits per heavy atom. The normalized spacial score (nSPS) is 18.6. The Bertz CT molecular complexity index is 506. The zero-order valence-corrected chi connectivity index (χ0v) is 11.3. The number of aliphatic imine (C=N–C) groups is 2. The van der Waals surface area contributed by atoms with E-state index in [0.29, 0.717) is 5.96 Å². The van der Waals surface area contributed by atoms with Gasteiger partial charge in [-0.25, -0.2) is 4.99 Å². The van der Waals surface area contributed by atoms with Gasteiger partial charge in [0, 0.05) is 10.2 Å². The standard InChI is InChI=1S/C11H14BrN5/c1-11(2)16-9(13)15-10(14)17(11)8-5-3-4-7(12)6-8/h3-6H,1-2H3,(H4,13,14,15,16). The van der Waals surface area contributed by atoms with E-state index >= 15 is 0 Å². The van der Waals surface area contributed by atoms with Gasteiger partial charge in [-0.05, 0) is 32.0 Å². The van der Waals surface area contributed by atoms with Gasteiger partial charge in [0.05, 0.1) is 0 Å². The van der Waals surface area contributed by atoms with Crippen molar-refractivity contribution in [1.29, 1.82) is 0 Å². The molecular formula is C11H14BrN5. The van der Waals surface area contributed by atoms with E-state index in [1.807, 2.05) is 43.0 Å². The van der Waals surface area contributed by atoms with Crippen molar-refractivity contribution < 1.29 is 0 Å². The number of guanidine groups is 2. The summed E-state index contributed by atoms with van der Waals surface area (Å²) in [4.78, 5) is 10.1. The zero-order valence-electron chi connectivity index (χ0n) is 9.68. The SMILES string of the molecule is CC1(C)N=C(N)N=C(N)N1c1cccc(Br)c1. The Balaban J connectivity index is 2.49. The van der Waals surface area contributed by atoms with Gasteiger partial charge in [0.2, 0.25) is 11.9 Å². The van der Waals surface area contributed by atoms with Gasteiger partial charge >= 0.3 is 0 Å². The Morgan fingerprint density at radius 2 is 2.00 bits per heavy atom. The predicted molar refractivity (Wildman–Crippen MR) is 73.9 cm³/mol. The molecule has 0 unspecified atom stereocenters. The molecule has 0 saturated carbocycles. The maximum atomic E-state index is 5.93. The van der Waals surface area contributed by atoms with Crippen LogP contribution < -0.4 is 16.4 Å². The minimum Gasteiger partial charge on any atom is -0.369 e. The molecule has 1 aromatic rings. The fourth-order valence-corrected chi connectivity index (χ4v) is 2.25. The number of nitrogens with zero attached hydrogens (tertiary/aromatic N) is 3.